The molecule has 0 spiro atoms. The van der Waals surface area contributed by atoms with E-state index in [2.05, 4.69) is 46.6 Å². The van der Waals surface area contributed by atoms with Gasteiger partial charge in [0.2, 0.25) is 0 Å². The molecule has 0 bridgehead atoms. The SMILES string of the molecule is O=C(NCCSCc1ccccc1Cl)c1ccc(CN2CCc3ccccc32)cc1. The second-order valence-electron chi connectivity index (χ2n) is 7.40. The van der Waals surface area contributed by atoms with E-state index < -0.39 is 0 Å². The van der Waals surface area contributed by atoms with E-state index in [0.717, 1.165) is 41.6 Å². The first kappa shape index (κ1) is 20.8. The van der Waals surface area contributed by atoms with Crippen LogP contribution in [0.2, 0.25) is 5.02 Å². The molecule has 1 heterocycles. The summed E-state index contributed by atoms with van der Waals surface area (Å²) < 4.78 is 0. The van der Waals surface area contributed by atoms with Crippen LogP contribution in [-0.4, -0.2) is 24.7 Å². The summed E-state index contributed by atoms with van der Waals surface area (Å²) >= 11 is 7.94. The van der Waals surface area contributed by atoms with E-state index in [0.29, 0.717) is 12.1 Å². The van der Waals surface area contributed by atoms with Crippen molar-refractivity contribution in [1.29, 1.82) is 0 Å². The third-order valence-electron chi connectivity index (χ3n) is 5.32. The first-order valence-electron chi connectivity index (χ1n) is 10.2. The normalized spacial score (nSPS) is 12.6. The Bertz CT molecular complexity index is 1010. The van der Waals surface area contributed by atoms with Gasteiger partial charge in [-0.05, 0) is 47.4 Å². The highest BCUT2D eigenvalue weighted by Crippen LogP contribution is 2.28. The number of hydrogen-bond acceptors (Lipinski definition) is 3. The number of halogens is 1. The first-order chi connectivity index (χ1) is 14.7. The van der Waals surface area contributed by atoms with Gasteiger partial charge in [0.25, 0.3) is 5.91 Å². The van der Waals surface area contributed by atoms with Crippen LogP contribution >= 0.6 is 23.4 Å². The van der Waals surface area contributed by atoms with Crippen molar-refractivity contribution < 1.29 is 4.79 Å². The zero-order valence-electron chi connectivity index (χ0n) is 16.8. The quantitative estimate of drug-likeness (QED) is 0.469. The molecule has 3 aromatic rings. The largest absolute Gasteiger partial charge is 0.367 e. The summed E-state index contributed by atoms with van der Waals surface area (Å²) in [4.78, 5) is 14.8. The van der Waals surface area contributed by atoms with E-state index in [1.165, 1.54) is 16.8 Å². The number of hydrogen-bond donors (Lipinski definition) is 1. The van der Waals surface area contributed by atoms with Gasteiger partial charge in [0.15, 0.2) is 0 Å². The number of amides is 1. The molecule has 0 atom stereocenters. The van der Waals surface area contributed by atoms with Gasteiger partial charge in [-0.15, -0.1) is 0 Å². The highest BCUT2D eigenvalue weighted by Gasteiger charge is 2.18. The van der Waals surface area contributed by atoms with Crippen LogP contribution in [0.25, 0.3) is 0 Å². The fraction of sp³-hybridized carbons (Fsp3) is 0.240. The maximum absolute atomic E-state index is 12.4. The highest BCUT2D eigenvalue weighted by molar-refractivity contribution is 7.98. The molecule has 1 amide bonds. The van der Waals surface area contributed by atoms with Gasteiger partial charge in [-0.2, -0.15) is 11.8 Å². The Balaban J connectivity index is 1.22. The van der Waals surface area contributed by atoms with Crippen molar-refractivity contribution >= 4 is 35.0 Å². The molecule has 0 radical (unpaired) electrons. The van der Waals surface area contributed by atoms with Gasteiger partial charge in [0.1, 0.15) is 0 Å². The molecule has 0 unspecified atom stereocenters. The number of fused-ring (bicyclic) bond motifs is 1. The van der Waals surface area contributed by atoms with Gasteiger partial charge in [-0.3, -0.25) is 4.79 Å². The molecule has 5 heteroatoms. The third-order valence-corrected chi connectivity index (χ3v) is 6.70. The van der Waals surface area contributed by atoms with Crippen LogP contribution in [0.3, 0.4) is 0 Å². The summed E-state index contributed by atoms with van der Waals surface area (Å²) in [6.07, 6.45) is 1.10. The van der Waals surface area contributed by atoms with Crippen molar-refractivity contribution in [3.05, 3.63) is 100 Å². The Kier molecular flexibility index (Phi) is 6.98. The topological polar surface area (TPSA) is 32.3 Å². The molecular formula is C25H25ClN2OS. The zero-order valence-corrected chi connectivity index (χ0v) is 18.4. The molecule has 0 aliphatic carbocycles. The highest BCUT2D eigenvalue weighted by atomic mass is 35.5. The Morgan fingerprint density at radius 3 is 2.60 bits per heavy atom. The smallest absolute Gasteiger partial charge is 0.251 e. The average molecular weight is 437 g/mol. The second kappa shape index (κ2) is 10.1. The number of anilines is 1. The number of carbonyl (C=O) groups excluding carboxylic acids is 1. The maximum atomic E-state index is 12.4. The molecule has 1 aliphatic rings. The number of nitrogens with one attached hydrogen (secondary N) is 1. The Labute approximate surface area is 187 Å². The summed E-state index contributed by atoms with van der Waals surface area (Å²) in [5.41, 5.74) is 5.80. The minimum atomic E-state index is -0.0218. The summed E-state index contributed by atoms with van der Waals surface area (Å²) in [6.45, 7) is 2.56. The monoisotopic (exact) mass is 436 g/mol. The Morgan fingerprint density at radius 1 is 1.00 bits per heavy atom. The number of para-hydroxylation sites is 1. The Hall–Kier alpha value is -2.43. The number of thioether (sulfide) groups is 1. The van der Waals surface area contributed by atoms with Gasteiger partial charge < -0.3 is 10.2 Å². The molecule has 3 aromatic carbocycles. The van der Waals surface area contributed by atoms with E-state index >= 15 is 0 Å². The average Bonchev–Trinajstić information content (AvgIpc) is 3.18. The predicted octanol–water partition coefficient (Wildman–Crippen LogP) is 5.57. The lowest BCUT2D eigenvalue weighted by atomic mass is 10.1. The van der Waals surface area contributed by atoms with E-state index in [1.807, 2.05) is 36.4 Å². The molecule has 1 N–H and O–H groups in total. The van der Waals surface area contributed by atoms with Crippen LogP contribution in [0, 0.1) is 0 Å². The van der Waals surface area contributed by atoms with Crippen LogP contribution in [0.1, 0.15) is 27.0 Å². The van der Waals surface area contributed by atoms with Crippen molar-refractivity contribution in [3.8, 4) is 0 Å². The van der Waals surface area contributed by atoms with Crippen molar-refractivity contribution in [1.82, 2.24) is 5.32 Å². The summed E-state index contributed by atoms with van der Waals surface area (Å²) in [7, 11) is 0. The van der Waals surface area contributed by atoms with Gasteiger partial charge in [0, 0.05) is 47.4 Å². The van der Waals surface area contributed by atoms with Crippen LogP contribution in [0.15, 0.2) is 72.8 Å². The fourth-order valence-electron chi connectivity index (χ4n) is 3.69. The van der Waals surface area contributed by atoms with Crippen molar-refractivity contribution in [2.75, 3.05) is 23.7 Å². The van der Waals surface area contributed by atoms with Crippen LogP contribution in [-0.2, 0) is 18.7 Å². The van der Waals surface area contributed by atoms with Crippen LogP contribution in [0.4, 0.5) is 5.69 Å². The summed E-state index contributed by atoms with van der Waals surface area (Å²) in [5.74, 6) is 1.68. The summed E-state index contributed by atoms with van der Waals surface area (Å²) in [6, 6.07) is 24.4. The lowest BCUT2D eigenvalue weighted by Gasteiger charge is -2.19. The molecule has 4 rings (SSSR count). The predicted molar refractivity (Wildman–Crippen MR) is 128 cm³/mol. The zero-order chi connectivity index (χ0) is 20.8. The van der Waals surface area contributed by atoms with Crippen LogP contribution in [0.5, 0.6) is 0 Å². The third kappa shape index (κ3) is 5.18. The lowest BCUT2D eigenvalue weighted by Crippen LogP contribution is -2.25. The number of benzene rings is 3. The molecule has 30 heavy (non-hydrogen) atoms. The standard InChI is InChI=1S/C25H25ClN2OS/c26-23-7-3-1-6-22(23)18-30-16-14-27-25(29)21-11-9-19(10-12-21)17-28-15-13-20-5-2-4-8-24(20)28/h1-12H,13-18H2,(H,27,29). The van der Waals surface area contributed by atoms with E-state index in [9.17, 15) is 4.79 Å². The van der Waals surface area contributed by atoms with Gasteiger partial charge in [0.05, 0.1) is 0 Å². The lowest BCUT2D eigenvalue weighted by molar-refractivity contribution is 0.0956. The van der Waals surface area contributed by atoms with Gasteiger partial charge in [-0.1, -0.05) is 60.1 Å². The van der Waals surface area contributed by atoms with Crippen molar-refractivity contribution in [3.63, 3.8) is 0 Å². The maximum Gasteiger partial charge on any atom is 0.251 e. The van der Waals surface area contributed by atoms with E-state index in [-0.39, 0.29) is 5.91 Å². The molecule has 0 saturated heterocycles. The number of nitrogens with zero attached hydrogens (tertiary/aromatic N) is 1. The fourth-order valence-corrected chi connectivity index (χ4v) is 4.83. The number of carbonyl (C=O) groups is 1. The van der Waals surface area contributed by atoms with E-state index in [4.69, 9.17) is 11.6 Å². The minimum absolute atomic E-state index is 0.0218. The molecule has 0 fully saturated rings. The molecule has 154 valence electrons. The molecule has 0 saturated carbocycles. The molecular weight excluding hydrogens is 412 g/mol. The van der Waals surface area contributed by atoms with Crippen LogP contribution < -0.4 is 10.2 Å². The van der Waals surface area contributed by atoms with E-state index in [1.54, 1.807) is 11.8 Å². The van der Waals surface area contributed by atoms with Gasteiger partial charge >= 0.3 is 0 Å². The summed E-state index contributed by atoms with van der Waals surface area (Å²) in [5, 5.41) is 3.80. The van der Waals surface area contributed by atoms with Gasteiger partial charge in [-0.25, -0.2) is 0 Å². The van der Waals surface area contributed by atoms with Crippen molar-refractivity contribution in [2.45, 2.75) is 18.7 Å². The number of rotatable bonds is 8. The minimum Gasteiger partial charge on any atom is -0.367 e. The molecule has 1 aliphatic heterocycles. The van der Waals surface area contributed by atoms with Crippen molar-refractivity contribution in [2.24, 2.45) is 0 Å². The molecule has 0 aromatic heterocycles. The first-order valence-corrected chi connectivity index (χ1v) is 11.7. The molecule has 3 nitrogen and oxygen atoms in total. The second-order valence-corrected chi connectivity index (χ2v) is 8.91. The Morgan fingerprint density at radius 2 is 1.77 bits per heavy atom.